The molecule has 11 rings (SSSR count). The lowest BCUT2D eigenvalue weighted by atomic mass is 9.98. The molecule has 0 spiro atoms. The fraction of sp³-hybridized carbons (Fsp3) is 0.0400. The number of pyridine rings is 1. The molecule has 0 bridgehead atoms. The number of hydrogen-bond donors (Lipinski definition) is 1. The molecule has 0 aliphatic carbocycles. The monoisotopic (exact) mass is 705 g/mol. The summed E-state index contributed by atoms with van der Waals surface area (Å²) in [6.07, 6.45) is 2.76. The van der Waals surface area contributed by atoms with Crippen LogP contribution in [0.1, 0.15) is 16.7 Å². The molecule has 0 amide bonds. The lowest BCUT2D eigenvalue weighted by molar-refractivity contribution is 1.07. The molecule has 0 atom stereocenters. The molecule has 0 fully saturated rings. The van der Waals surface area contributed by atoms with E-state index in [0.29, 0.717) is 0 Å². The first-order valence-corrected chi connectivity index (χ1v) is 18.8. The minimum Gasteiger partial charge on any atom is -0.354 e. The van der Waals surface area contributed by atoms with Crippen molar-refractivity contribution in [2.75, 3.05) is 0 Å². The van der Waals surface area contributed by atoms with Gasteiger partial charge in [0.05, 0.1) is 27.6 Å². The molecule has 0 saturated heterocycles. The zero-order valence-corrected chi connectivity index (χ0v) is 30.2. The van der Waals surface area contributed by atoms with Crippen LogP contribution in [0.25, 0.3) is 88.7 Å². The highest BCUT2D eigenvalue weighted by Gasteiger charge is 2.22. The molecule has 11 aromatic rings. The molecule has 0 aliphatic heterocycles. The fourth-order valence-corrected chi connectivity index (χ4v) is 8.66. The summed E-state index contributed by atoms with van der Waals surface area (Å²) in [6.45, 7) is 2.22. The second-order valence-electron chi connectivity index (χ2n) is 14.4. The van der Waals surface area contributed by atoms with Crippen molar-refractivity contribution >= 4 is 54.6 Å². The van der Waals surface area contributed by atoms with Gasteiger partial charge in [-0.05, 0) is 90.2 Å². The number of nitrogens with zero attached hydrogens (tertiary/aromatic N) is 4. The zero-order valence-electron chi connectivity index (χ0n) is 30.2. The molecule has 0 radical (unpaired) electrons. The summed E-state index contributed by atoms with van der Waals surface area (Å²) >= 11 is 0. The summed E-state index contributed by atoms with van der Waals surface area (Å²) in [6, 6.07) is 60.6. The molecule has 5 nitrogen and oxygen atoms in total. The molecule has 55 heavy (non-hydrogen) atoms. The molecule has 4 heterocycles. The van der Waals surface area contributed by atoms with E-state index in [9.17, 15) is 0 Å². The molecule has 0 aliphatic rings. The first-order valence-electron chi connectivity index (χ1n) is 18.8. The van der Waals surface area contributed by atoms with Gasteiger partial charge in [0.2, 0.25) is 0 Å². The van der Waals surface area contributed by atoms with E-state index in [1.165, 1.54) is 43.8 Å². The number of H-pyrrole nitrogens is 1. The van der Waals surface area contributed by atoms with Gasteiger partial charge in [0.25, 0.3) is 0 Å². The number of para-hydroxylation sites is 4. The van der Waals surface area contributed by atoms with Gasteiger partial charge in [-0.15, -0.1) is 0 Å². The van der Waals surface area contributed by atoms with Gasteiger partial charge in [-0.3, -0.25) is 9.13 Å². The Morgan fingerprint density at radius 2 is 1.31 bits per heavy atom. The number of hydrogen-bond acceptors (Lipinski definition) is 2. The molecule has 260 valence electrons. The normalized spacial score (nSPS) is 11.8. The molecule has 7 aromatic carbocycles. The Hall–Kier alpha value is -7.24. The largest absolute Gasteiger partial charge is 0.354 e. The van der Waals surface area contributed by atoms with Gasteiger partial charge in [0.15, 0.2) is 0 Å². The van der Waals surface area contributed by atoms with Crippen LogP contribution < -0.4 is 0 Å². The van der Waals surface area contributed by atoms with Crippen LogP contribution in [0.2, 0.25) is 0 Å². The highest BCUT2D eigenvalue weighted by molar-refractivity contribution is 6.13. The Balaban J connectivity index is 1.16. The van der Waals surface area contributed by atoms with Crippen LogP contribution in [0.5, 0.6) is 0 Å². The third-order valence-corrected chi connectivity index (χ3v) is 11.0. The molecule has 1 N–H and O–H groups in total. The number of benzene rings is 7. The number of nitrogens with one attached hydrogen (secondary N) is 1. The molecule has 4 aromatic heterocycles. The Labute approximate surface area is 317 Å². The van der Waals surface area contributed by atoms with Gasteiger partial charge in [0, 0.05) is 50.1 Å². The van der Waals surface area contributed by atoms with E-state index in [2.05, 4.69) is 185 Å². The first-order chi connectivity index (χ1) is 27.2. The number of aryl methyl sites for hydroxylation is 1. The van der Waals surface area contributed by atoms with Crippen LogP contribution in [0.15, 0.2) is 176 Å². The first kappa shape index (κ1) is 31.3. The highest BCUT2D eigenvalue weighted by atomic mass is 15.1. The predicted molar refractivity (Wildman–Crippen MR) is 227 cm³/mol. The summed E-state index contributed by atoms with van der Waals surface area (Å²) in [4.78, 5) is 14.1. The second kappa shape index (κ2) is 12.4. The summed E-state index contributed by atoms with van der Waals surface area (Å²) in [5.41, 5.74) is 14.7. The number of aromatic amines is 1. The average molecular weight is 706 g/mol. The molecular weight excluding hydrogens is 671 g/mol. The predicted octanol–water partition coefficient (Wildman–Crippen LogP) is 12.4. The van der Waals surface area contributed by atoms with Crippen LogP contribution in [0.3, 0.4) is 0 Å². The Kier molecular flexibility index (Phi) is 7.07. The maximum Gasteiger partial charge on any atom is 0.147 e. The topological polar surface area (TPSA) is 51.4 Å². The Morgan fingerprint density at radius 1 is 0.545 bits per heavy atom. The van der Waals surface area contributed by atoms with Crippen LogP contribution >= 0.6 is 0 Å². The minimum atomic E-state index is 0.882. The lowest BCUT2D eigenvalue weighted by Gasteiger charge is -2.11. The van der Waals surface area contributed by atoms with Crippen LogP contribution in [0.4, 0.5) is 0 Å². The molecule has 0 unspecified atom stereocenters. The molecule has 0 saturated carbocycles. The lowest BCUT2D eigenvalue weighted by Crippen LogP contribution is -1.98. The summed E-state index contributed by atoms with van der Waals surface area (Å²) in [5, 5.41) is 4.84. The van der Waals surface area contributed by atoms with E-state index >= 15 is 0 Å². The van der Waals surface area contributed by atoms with Gasteiger partial charge >= 0.3 is 0 Å². The van der Waals surface area contributed by atoms with Gasteiger partial charge in [-0.25, -0.2) is 9.97 Å². The van der Waals surface area contributed by atoms with Crippen molar-refractivity contribution in [1.82, 2.24) is 24.1 Å². The smallest absolute Gasteiger partial charge is 0.147 e. The van der Waals surface area contributed by atoms with Gasteiger partial charge < -0.3 is 4.98 Å². The van der Waals surface area contributed by atoms with Crippen LogP contribution in [-0.4, -0.2) is 24.1 Å². The van der Waals surface area contributed by atoms with Crippen molar-refractivity contribution in [3.8, 4) is 34.0 Å². The van der Waals surface area contributed by atoms with E-state index in [-0.39, 0.29) is 0 Å². The van der Waals surface area contributed by atoms with Crippen molar-refractivity contribution in [2.45, 2.75) is 13.3 Å². The molecular formula is C50H35N5. The van der Waals surface area contributed by atoms with E-state index in [1.807, 2.05) is 12.3 Å². The summed E-state index contributed by atoms with van der Waals surface area (Å²) in [5.74, 6) is 1.80. The van der Waals surface area contributed by atoms with Crippen molar-refractivity contribution in [1.29, 1.82) is 0 Å². The van der Waals surface area contributed by atoms with E-state index in [1.54, 1.807) is 0 Å². The SMILES string of the molecule is Cc1cc(Cc2ccccc2)cc2c3ccc(-c4cccc5c4nc(-c4cccc6c4[nH]c4ccccc46)n5-c4ccccc4)cc3n(-c3ccccn3)c12. The third kappa shape index (κ3) is 5.01. The third-order valence-electron chi connectivity index (χ3n) is 11.0. The zero-order chi connectivity index (χ0) is 36.5. The second-order valence-corrected chi connectivity index (χ2v) is 14.4. The number of rotatable bonds is 6. The van der Waals surface area contributed by atoms with Gasteiger partial charge in [-0.2, -0.15) is 0 Å². The van der Waals surface area contributed by atoms with Crippen LogP contribution in [0, 0.1) is 6.92 Å². The number of imidazole rings is 1. The highest BCUT2D eigenvalue weighted by Crippen LogP contribution is 2.41. The maximum absolute atomic E-state index is 5.55. The quantitative estimate of drug-likeness (QED) is 0.187. The van der Waals surface area contributed by atoms with Crippen molar-refractivity contribution in [2.24, 2.45) is 0 Å². The van der Waals surface area contributed by atoms with E-state index in [4.69, 9.17) is 9.97 Å². The standard InChI is InChI=1S/C50H35N5/c1-32-28-34(29-33-14-4-2-5-15-33)30-42-39-26-25-35(31-45(39)55(49(32)42)46-24-10-11-27-51-46)37-19-13-23-44-48(37)53-50(54(44)36-16-6-3-7-17-36)41-21-12-20-40-38-18-8-9-22-43(38)52-47(40)41/h2-28,30-31,52H,29H2,1H3. The minimum absolute atomic E-state index is 0.882. The average Bonchev–Trinajstić information content (AvgIpc) is 3.92. The van der Waals surface area contributed by atoms with Crippen molar-refractivity contribution in [3.63, 3.8) is 0 Å². The van der Waals surface area contributed by atoms with E-state index < -0.39 is 0 Å². The number of fused-ring (bicyclic) bond motifs is 7. The van der Waals surface area contributed by atoms with Crippen LogP contribution in [-0.2, 0) is 6.42 Å². The van der Waals surface area contributed by atoms with Crippen molar-refractivity contribution in [3.05, 3.63) is 193 Å². The van der Waals surface area contributed by atoms with Gasteiger partial charge in [0.1, 0.15) is 11.6 Å². The summed E-state index contributed by atoms with van der Waals surface area (Å²) in [7, 11) is 0. The maximum atomic E-state index is 5.55. The Bertz CT molecular complexity index is 3220. The van der Waals surface area contributed by atoms with Gasteiger partial charge in [-0.1, -0.05) is 115 Å². The Morgan fingerprint density at radius 3 is 2.16 bits per heavy atom. The summed E-state index contributed by atoms with van der Waals surface area (Å²) < 4.78 is 4.64. The van der Waals surface area contributed by atoms with E-state index in [0.717, 1.165) is 68.0 Å². The van der Waals surface area contributed by atoms with Crippen molar-refractivity contribution < 1.29 is 0 Å². The molecule has 5 heteroatoms. The number of aromatic nitrogens is 5. The fourth-order valence-electron chi connectivity index (χ4n) is 8.66.